The van der Waals surface area contributed by atoms with Crippen LogP contribution >= 0.6 is 0 Å². The van der Waals surface area contributed by atoms with E-state index in [1.165, 1.54) is 6.20 Å². The summed E-state index contributed by atoms with van der Waals surface area (Å²) in [6, 6.07) is 0.0161. The molecule has 25 heavy (non-hydrogen) atoms. The van der Waals surface area contributed by atoms with E-state index in [-0.39, 0.29) is 11.6 Å². The highest BCUT2D eigenvalue weighted by atomic mass is 19.2. The summed E-state index contributed by atoms with van der Waals surface area (Å²) in [7, 11) is 1.70. The number of carbonyl (C=O) groups is 1. The molecule has 0 aliphatic heterocycles. The molecule has 2 aliphatic rings. The van der Waals surface area contributed by atoms with E-state index in [4.69, 9.17) is 0 Å². The van der Waals surface area contributed by atoms with Gasteiger partial charge in [-0.15, -0.1) is 0 Å². The largest absolute Gasteiger partial charge is 0.477 e. The molecule has 2 N–H and O–H groups in total. The fourth-order valence-corrected chi connectivity index (χ4v) is 3.83. The molecule has 2 fully saturated rings. The lowest BCUT2D eigenvalue weighted by atomic mass is 9.94. The van der Waals surface area contributed by atoms with Gasteiger partial charge < -0.3 is 15.0 Å². The summed E-state index contributed by atoms with van der Waals surface area (Å²) in [5.74, 6) is -3.74. The standard InChI is InChI=1S/C18H18F2N2O3/c1-8-12(18(21-2)5-6-18)14(20)13(19)11-15(8)22(9-3-4-9)7-10(16(11)23)17(24)25/h7,9,21H,3-6H2,1-2H3,(H,24,25). The molecule has 2 aromatic rings. The Balaban J connectivity index is 2.18. The van der Waals surface area contributed by atoms with Gasteiger partial charge in [0.05, 0.1) is 10.9 Å². The highest BCUT2D eigenvalue weighted by Crippen LogP contribution is 2.49. The Morgan fingerprint density at radius 3 is 2.44 bits per heavy atom. The highest BCUT2D eigenvalue weighted by Gasteiger charge is 2.47. The summed E-state index contributed by atoms with van der Waals surface area (Å²) in [6.07, 6.45) is 4.29. The molecule has 0 radical (unpaired) electrons. The maximum absolute atomic E-state index is 14.9. The lowest BCUT2D eigenvalue weighted by molar-refractivity contribution is 0.0695. The average molecular weight is 348 g/mol. The van der Waals surface area contributed by atoms with Crippen molar-refractivity contribution in [1.82, 2.24) is 9.88 Å². The smallest absolute Gasteiger partial charge is 0.341 e. The van der Waals surface area contributed by atoms with Crippen LogP contribution in [0.25, 0.3) is 10.9 Å². The van der Waals surface area contributed by atoms with E-state index in [2.05, 4.69) is 5.32 Å². The van der Waals surface area contributed by atoms with Crippen LogP contribution in [-0.4, -0.2) is 22.7 Å². The molecule has 0 saturated heterocycles. The van der Waals surface area contributed by atoms with Gasteiger partial charge in [-0.25, -0.2) is 13.6 Å². The minimum absolute atomic E-state index is 0.0161. The van der Waals surface area contributed by atoms with Gasteiger partial charge in [-0.1, -0.05) is 0 Å². The lowest BCUT2D eigenvalue weighted by Crippen LogP contribution is -2.29. The third kappa shape index (κ3) is 2.15. The Bertz CT molecular complexity index is 988. The molecular formula is C18H18F2N2O3. The van der Waals surface area contributed by atoms with Gasteiger partial charge >= 0.3 is 5.97 Å². The van der Waals surface area contributed by atoms with Crippen molar-refractivity contribution in [3.8, 4) is 0 Å². The van der Waals surface area contributed by atoms with Crippen LogP contribution in [0.1, 0.15) is 53.2 Å². The molecule has 1 heterocycles. The summed E-state index contributed by atoms with van der Waals surface area (Å²) in [4.78, 5) is 23.9. The number of aromatic carboxylic acids is 1. The minimum atomic E-state index is -1.43. The first-order valence-electron chi connectivity index (χ1n) is 8.31. The predicted molar refractivity (Wildman–Crippen MR) is 88.1 cm³/mol. The van der Waals surface area contributed by atoms with E-state index in [1.807, 2.05) is 0 Å². The number of halogens is 2. The molecule has 1 aromatic heterocycles. The van der Waals surface area contributed by atoms with Gasteiger partial charge in [0.1, 0.15) is 5.56 Å². The Labute approximate surface area is 142 Å². The molecule has 5 nitrogen and oxygen atoms in total. The molecule has 1 aromatic carbocycles. The number of rotatable bonds is 4. The maximum atomic E-state index is 14.9. The van der Waals surface area contributed by atoms with Gasteiger partial charge in [0.2, 0.25) is 5.43 Å². The van der Waals surface area contributed by atoms with Crippen LogP contribution < -0.4 is 10.7 Å². The van der Waals surface area contributed by atoms with Crippen molar-refractivity contribution in [2.24, 2.45) is 0 Å². The number of aromatic nitrogens is 1. The maximum Gasteiger partial charge on any atom is 0.341 e. The minimum Gasteiger partial charge on any atom is -0.477 e. The molecule has 7 heteroatoms. The van der Waals surface area contributed by atoms with Crippen LogP contribution in [-0.2, 0) is 5.54 Å². The van der Waals surface area contributed by atoms with Crippen molar-refractivity contribution >= 4 is 16.9 Å². The summed E-state index contributed by atoms with van der Waals surface area (Å²) in [5.41, 5.74) is -1.05. The molecule has 2 aliphatic carbocycles. The van der Waals surface area contributed by atoms with E-state index in [9.17, 15) is 23.5 Å². The van der Waals surface area contributed by atoms with E-state index in [0.29, 0.717) is 23.9 Å². The van der Waals surface area contributed by atoms with Crippen LogP contribution in [0.4, 0.5) is 8.78 Å². The number of pyridine rings is 1. The monoisotopic (exact) mass is 348 g/mol. The SMILES string of the molecule is CNC1(c2c(F)c(F)c3c(=O)c(C(=O)O)cn(C4CC4)c3c2C)CC1. The van der Waals surface area contributed by atoms with Crippen molar-refractivity contribution in [2.45, 2.75) is 44.2 Å². The van der Waals surface area contributed by atoms with Crippen LogP contribution in [0.3, 0.4) is 0 Å². The van der Waals surface area contributed by atoms with Crippen LogP contribution in [0, 0.1) is 18.6 Å². The molecular weight excluding hydrogens is 330 g/mol. The van der Waals surface area contributed by atoms with Gasteiger partial charge in [0, 0.05) is 23.3 Å². The van der Waals surface area contributed by atoms with Crippen LogP contribution in [0.5, 0.6) is 0 Å². The van der Waals surface area contributed by atoms with Crippen molar-refractivity contribution < 1.29 is 18.7 Å². The van der Waals surface area contributed by atoms with Gasteiger partial charge in [-0.3, -0.25) is 4.79 Å². The van der Waals surface area contributed by atoms with Crippen molar-refractivity contribution in [3.05, 3.63) is 44.7 Å². The number of hydrogen-bond donors (Lipinski definition) is 2. The normalized spacial score (nSPS) is 18.6. The van der Waals surface area contributed by atoms with Gasteiger partial charge in [0.25, 0.3) is 0 Å². The zero-order chi connectivity index (χ0) is 18.1. The zero-order valence-corrected chi connectivity index (χ0v) is 13.9. The fourth-order valence-electron chi connectivity index (χ4n) is 3.83. The average Bonchev–Trinajstić information content (AvgIpc) is 3.45. The van der Waals surface area contributed by atoms with Crippen LogP contribution in [0.2, 0.25) is 0 Å². The topological polar surface area (TPSA) is 71.3 Å². The summed E-state index contributed by atoms with van der Waals surface area (Å²) in [6.45, 7) is 1.68. The second-order valence-electron chi connectivity index (χ2n) is 7.00. The first kappa shape index (κ1) is 16.2. The van der Waals surface area contributed by atoms with E-state index in [0.717, 1.165) is 12.8 Å². The molecule has 0 amide bonds. The second-order valence-corrected chi connectivity index (χ2v) is 7.00. The van der Waals surface area contributed by atoms with Crippen molar-refractivity contribution in [3.63, 3.8) is 0 Å². The summed E-state index contributed by atoms with van der Waals surface area (Å²) >= 11 is 0. The third-order valence-electron chi connectivity index (χ3n) is 5.47. The molecule has 4 rings (SSSR count). The molecule has 132 valence electrons. The molecule has 0 spiro atoms. The number of nitrogens with zero attached hydrogens (tertiary/aromatic N) is 1. The summed E-state index contributed by atoms with van der Waals surface area (Å²) < 4.78 is 31.4. The fraction of sp³-hybridized carbons (Fsp3) is 0.444. The van der Waals surface area contributed by atoms with Crippen molar-refractivity contribution in [1.29, 1.82) is 0 Å². The number of aryl methyl sites for hydroxylation is 1. The first-order chi connectivity index (χ1) is 11.8. The second kappa shape index (κ2) is 5.11. The highest BCUT2D eigenvalue weighted by molar-refractivity contribution is 5.94. The van der Waals surface area contributed by atoms with E-state index < -0.39 is 39.5 Å². The number of nitrogens with one attached hydrogen (secondary N) is 1. The Morgan fingerprint density at radius 2 is 1.96 bits per heavy atom. The summed E-state index contributed by atoms with van der Waals surface area (Å²) in [5, 5.41) is 11.9. The quantitative estimate of drug-likeness (QED) is 0.891. The van der Waals surface area contributed by atoms with E-state index in [1.54, 1.807) is 18.5 Å². The van der Waals surface area contributed by atoms with Crippen LogP contribution in [0.15, 0.2) is 11.0 Å². The molecule has 0 bridgehead atoms. The number of hydrogen-bond acceptors (Lipinski definition) is 3. The third-order valence-corrected chi connectivity index (χ3v) is 5.47. The molecule has 0 unspecified atom stereocenters. The van der Waals surface area contributed by atoms with Crippen molar-refractivity contribution in [2.75, 3.05) is 7.05 Å². The number of fused-ring (bicyclic) bond motifs is 1. The number of carboxylic acid groups (broad SMARTS) is 1. The van der Waals surface area contributed by atoms with Gasteiger partial charge in [-0.2, -0.15) is 0 Å². The predicted octanol–water partition coefficient (Wildman–Crippen LogP) is 2.83. The Hall–Kier alpha value is -2.28. The Morgan fingerprint density at radius 1 is 1.32 bits per heavy atom. The van der Waals surface area contributed by atoms with Gasteiger partial charge in [0.15, 0.2) is 11.6 Å². The number of carboxylic acids is 1. The molecule has 2 saturated carbocycles. The lowest BCUT2D eigenvalue weighted by Gasteiger charge is -2.23. The Kier molecular flexibility index (Phi) is 3.31. The van der Waals surface area contributed by atoms with E-state index >= 15 is 0 Å². The molecule has 0 atom stereocenters. The first-order valence-corrected chi connectivity index (χ1v) is 8.31. The van der Waals surface area contributed by atoms with Gasteiger partial charge in [-0.05, 0) is 45.2 Å². The number of benzene rings is 1. The zero-order valence-electron chi connectivity index (χ0n) is 13.9.